The molecular weight excluding hydrogens is 490 g/mol. The van der Waals surface area contributed by atoms with Crippen molar-refractivity contribution in [2.24, 2.45) is 0 Å². The lowest BCUT2D eigenvalue weighted by molar-refractivity contribution is -0.137. The highest BCUT2D eigenvalue weighted by atomic mass is 16.5. The van der Waals surface area contributed by atoms with E-state index >= 15 is 0 Å². The van der Waals surface area contributed by atoms with E-state index in [-0.39, 0.29) is 18.6 Å². The van der Waals surface area contributed by atoms with Crippen LogP contribution in [-0.2, 0) is 22.4 Å². The molecule has 6 heteroatoms. The number of fused-ring (bicyclic) bond motifs is 1. The van der Waals surface area contributed by atoms with Gasteiger partial charge in [0.05, 0.1) is 13.5 Å². The molecule has 1 aromatic heterocycles. The topological polar surface area (TPSA) is 89.6 Å². The fourth-order valence-electron chi connectivity index (χ4n) is 4.14. The first-order valence-corrected chi connectivity index (χ1v) is 12.8. The van der Waals surface area contributed by atoms with Crippen molar-refractivity contribution in [3.05, 3.63) is 109 Å². The SMILES string of the molecule is COc1ccc2cc(CCC(C)=O)ccc2c1.O=C(O)CCc1nc(-c2ccccc2)c(-c2ccccc2)o1. The van der Waals surface area contributed by atoms with E-state index in [0.717, 1.165) is 34.4 Å². The Kier molecular flexibility index (Phi) is 9.25. The molecule has 0 aliphatic heterocycles. The zero-order valence-corrected chi connectivity index (χ0v) is 22.1. The zero-order valence-electron chi connectivity index (χ0n) is 22.1. The minimum atomic E-state index is -0.860. The molecule has 0 bridgehead atoms. The normalized spacial score (nSPS) is 10.5. The van der Waals surface area contributed by atoms with E-state index in [4.69, 9.17) is 14.3 Å². The number of carbonyl (C=O) groups is 2. The lowest BCUT2D eigenvalue weighted by atomic mass is 10.0. The molecular formula is C33H31NO5. The van der Waals surface area contributed by atoms with Crippen LogP contribution in [0.3, 0.4) is 0 Å². The molecule has 0 saturated carbocycles. The number of carboxylic acids is 1. The lowest BCUT2D eigenvalue weighted by Crippen LogP contribution is -1.97. The number of hydrogen-bond acceptors (Lipinski definition) is 5. The summed E-state index contributed by atoms with van der Waals surface area (Å²) in [6.07, 6.45) is 1.71. The van der Waals surface area contributed by atoms with Crippen molar-refractivity contribution < 1.29 is 23.8 Å². The number of rotatable bonds is 9. The number of aliphatic carboxylic acids is 1. The summed E-state index contributed by atoms with van der Waals surface area (Å²) in [4.78, 5) is 26.2. The summed E-state index contributed by atoms with van der Waals surface area (Å²) in [5, 5.41) is 11.2. The fraction of sp³-hybridized carbons (Fsp3) is 0.182. The van der Waals surface area contributed by atoms with Crippen molar-refractivity contribution in [2.75, 3.05) is 7.11 Å². The van der Waals surface area contributed by atoms with Crippen molar-refractivity contribution in [1.82, 2.24) is 4.98 Å². The molecule has 39 heavy (non-hydrogen) atoms. The second-order valence-corrected chi connectivity index (χ2v) is 9.16. The van der Waals surface area contributed by atoms with Gasteiger partial charge in [0, 0.05) is 24.0 Å². The summed E-state index contributed by atoms with van der Waals surface area (Å²) in [5.74, 6) is 1.36. The highest BCUT2D eigenvalue weighted by molar-refractivity contribution is 5.85. The highest BCUT2D eigenvalue weighted by Gasteiger charge is 2.17. The number of carbonyl (C=O) groups excluding carboxylic acids is 1. The molecule has 0 amide bonds. The number of nitrogens with zero attached hydrogens (tertiary/aromatic N) is 1. The van der Waals surface area contributed by atoms with E-state index in [1.165, 1.54) is 10.9 Å². The summed E-state index contributed by atoms with van der Waals surface area (Å²) >= 11 is 0. The zero-order chi connectivity index (χ0) is 27.6. The van der Waals surface area contributed by atoms with E-state index in [1.807, 2.05) is 78.9 Å². The summed E-state index contributed by atoms with van der Waals surface area (Å²) < 4.78 is 11.0. The predicted octanol–water partition coefficient (Wildman–Crippen LogP) is 7.40. The number of ether oxygens (including phenoxy) is 1. The van der Waals surface area contributed by atoms with Crippen LogP contribution in [0, 0.1) is 0 Å². The van der Waals surface area contributed by atoms with Gasteiger partial charge in [-0.2, -0.15) is 0 Å². The Balaban J connectivity index is 0.000000187. The molecule has 0 aliphatic carbocycles. The van der Waals surface area contributed by atoms with Gasteiger partial charge in [-0.25, -0.2) is 4.98 Å². The van der Waals surface area contributed by atoms with Gasteiger partial charge in [0.15, 0.2) is 11.7 Å². The molecule has 0 radical (unpaired) electrons. The van der Waals surface area contributed by atoms with E-state index in [9.17, 15) is 9.59 Å². The first-order chi connectivity index (χ1) is 18.9. The first-order valence-electron chi connectivity index (χ1n) is 12.8. The molecule has 0 unspecified atom stereocenters. The summed E-state index contributed by atoms with van der Waals surface area (Å²) in [6.45, 7) is 1.63. The van der Waals surface area contributed by atoms with Crippen LogP contribution in [0.15, 0.2) is 101 Å². The molecule has 0 fully saturated rings. The van der Waals surface area contributed by atoms with Gasteiger partial charge in [-0.05, 0) is 41.8 Å². The van der Waals surface area contributed by atoms with E-state index < -0.39 is 5.97 Å². The molecule has 0 aliphatic rings. The van der Waals surface area contributed by atoms with Gasteiger partial charge in [0.1, 0.15) is 17.2 Å². The smallest absolute Gasteiger partial charge is 0.303 e. The maximum atomic E-state index is 10.9. The number of aromatic nitrogens is 1. The van der Waals surface area contributed by atoms with E-state index in [1.54, 1.807) is 14.0 Å². The van der Waals surface area contributed by atoms with Gasteiger partial charge in [-0.15, -0.1) is 0 Å². The van der Waals surface area contributed by atoms with Gasteiger partial charge in [0.25, 0.3) is 0 Å². The third-order valence-corrected chi connectivity index (χ3v) is 6.18. The van der Waals surface area contributed by atoms with Crippen molar-refractivity contribution in [1.29, 1.82) is 0 Å². The average Bonchev–Trinajstić information content (AvgIpc) is 3.40. The fourth-order valence-corrected chi connectivity index (χ4v) is 4.14. The molecule has 0 spiro atoms. The standard InChI is InChI=1S/C18H15NO3.C15H16O2/c20-16(21)12-11-15-19-17(13-7-3-1-4-8-13)18(22-15)14-9-5-2-6-10-14;1-11(16)3-4-12-5-6-14-10-15(17-2)8-7-13(14)9-12/h1-10H,11-12H2,(H,20,21);5-10H,3-4H2,1-2H3. The Morgan fingerprint density at radius 3 is 2.08 bits per heavy atom. The van der Waals surface area contributed by atoms with Crippen LogP contribution in [0.1, 0.15) is 31.2 Å². The number of hydrogen-bond donors (Lipinski definition) is 1. The van der Waals surface area contributed by atoms with Crippen LogP contribution >= 0.6 is 0 Å². The van der Waals surface area contributed by atoms with Crippen LogP contribution in [0.25, 0.3) is 33.4 Å². The number of aryl methyl sites for hydroxylation is 2. The molecule has 0 saturated heterocycles. The van der Waals surface area contributed by atoms with E-state index in [0.29, 0.717) is 18.1 Å². The summed E-state index contributed by atoms with van der Waals surface area (Å²) in [5.41, 5.74) is 3.83. The predicted molar refractivity (Wildman–Crippen MR) is 153 cm³/mol. The van der Waals surface area contributed by atoms with Crippen LogP contribution in [0.5, 0.6) is 5.75 Å². The Morgan fingerprint density at radius 2 is 1.44 bits per heavy atom. The second kappa shape index (κ2) is 13.2. The van der Waals surface area contributed by atoms with Crippen LogP contribution < -0.4 is 4.74 Å². The van der Waals surface area contributed by atoms with Crippen LogP contribution in [-0.4, -0.2) is 29.0 Å². The van der Waals surface area contributed by atoms with Crippen LogP contribution in [0.4, 0.5) is 0 Å². The third-order valence-electron chi connectivity index (χ3n) is 6.18. The Bertz CT molecular complexity index is 1480. The Morgan fingerprint density at radius 1 is 0.795 bits per heavy atom. The van der Waals surface area contributed by atoms with Crippen LogP contribution in [0.2, 0.25) is 0 Å². The maximum Gasteiger partial charge on any atom is 0.303 e. The number of benzene rings is 4. The van der Waals surface area contributed by atoms with Gasteiger partial charge >= 0.3 is 5.97 Å². The van der Waals surface area contributed by atoms with Crippen molar-refractivity contribution in [2.45, 2.75) is 32.6 Å². The highest BCUT2D eigenvalue weighted by Crippen LogP contribution is 2.32. The Hall–Kier alpha value is -4.71. The van der Waals surface area contributed by atoms with Gasteiger partial charge in [-0.1, -0.05) is 84.9 Å². The number of methoxy groups -OCH3 is 1. The minimum absolute atomic E-state index is 0.00295. The van der Waals surface area contributed by atoms with Crippen molar-refractivity contribution >= 4 is 22.5 Å². The molecule has 5 aromatic rings. The van der Waals surface area contributed by atoms with Gasteiger partial charge in [0.2, 0.25) is 0 Å². The quantitative estimate of drug-likeness (QED) is 0.217. The lowest BCUT2D eigenvalue weighted by Gasteiger charge is -2.05. The largest absolute Gasteiger partial charge is 0.497 e. The average molecular weight is 522 g/mol. The molecule has 198 valence electrons. The Labute approximate surface area is 227 Å². The number of ketones is 1. The van der Waals surface area contributed by atoms with Gasteiger partial charge in [-0.3, -0.25) is 4.79 Å². The van der Waals surface area contributed by atoms with Crippen molar-refractivity contribution in [3.63, 3.8) is 0 Å². The first kappa shape index (κ1) is 27.3. The minimum Gasteiger partial charge on any atom is -0.497 e. The van der Waals surface area contributed by atoms with Crippen molar-refractivity contribution in [3.8, 4) is 28.3 Å². The monoisotopic (exact) mass is 521 g/mol. The number of oxazole rings is 1. The molecule has 1 N–H and O–H groups in total. The molecule has 1 heterocycles. The summed E-state index contributed by atoms with van der Waals surface area (Å²) in [6, 6.07) is 31.8. The second-order valence-electron chi connectivity index (χ2n) is 9.16. The number of Topliss-reactive ketones (excluding diaryl/α,β-unsaturated/α-hetero) is 1. The van der Waals surface area contributed by atoms with Gasteiger partial charge < -0.3 is 19.1 Å². The molecule has 4 aromatic carbocycles. The summed E-state index contributed by atoms with van der Waals surface area (Å²) in [7, 11) is 1.67. The maximum absolute atomic E-state index is 10.9. The molecule has 0 atom stereocenters. The number of carboxylic acid groups (broad SMARTS) is 1. The molecule has 5 rings (SSSR count). The third kappa shape index (κ3) is 7.65. The van der Waals surface area contributed by atoms with E-state index in [2.05, 4.69) is 23.2 Å². The molecule has 6 nitrogen and oxygen atoms in total.